The molecule has 1 aromatic carbocycles. The molecular formula is C21H18ClF4N3O3. The van der Waals surface area contributed by atoms with Crippen molar-refractivity contribution in [2.75, 3.05) is 7.11 Å². The van der Waals surface area contributed by atoms with Crippen LogP contribution in [0.4, 0.5) is 17.6 Å². The highest BCUT2D eigenvalue weighted by Gasteiger charge is 2.47. The Kier molecular flexibility index (Phi) is 5.33. The first kappa shape index (κ1) is 22.3. The zero-order valence-corrected chi connectivity index (χ0v) is 17.7. The molecule has 1 saturated carbocycles. The van der Waals surface area contributed by atoms with E-state index in [1.165, 1.54) is 25.3 Å². The van der Waals surface area contributed by atoms with Crippen molar-refractivity contribution in [3.63, 3.8) is 0 Å². The molecule has 0 aliphatic heterocycles. The number of nitrogens with one attached hydrogen (secondary N) is 1. The molecule has 11 heteroatoms. The number of aliphatic hydroxyl groups is 1. The van der Waals surface area contributed by atoms with Crippen molar-refractivity contribution in [1.29, 1.82) is 0 Å². The maximum Gasteiger partial charge on any atom is 0.433 e. The molecule has 4 rings (SSSR count). The van der Waals surface area contributed by atoms with Gasteiger partial charge in [0, 0.05) is 22.9 Å². The van der Waals surface area contributed by atoms with Gasteiger partial charge < -0.3 is 14.8 Å². The molecule has 0 saturated heterocycles. The minimum absolute atomic E-state index is 0.0239. The Morgan fingerprint density at radius 3 is 2.59 bits per heavy atom. The number of hydrogen-bond donors (Lipinski definition) is 2. The van der Waals surface area contributed by atoms with Crippen LogP contribution < -0.4 is 0 Å². The third-order valence-corrected chi connectivity index (χ3v) is 5.85. The number of hydrogen-bond acceptors (Lipinski definition) is 4. The number of alkyl halides is 3. The van der Waals surface area contributed by atoms with Crippen LogP contribution in [0.5, 0.6) is 0 Å². The maximum absolute atomic E-state index is 14.5. The second-order valence-electron chi connectivity index (χ2n) is 7.95. The summed E-state index contributed by atoms with van der Waals surface area (Å²) in [6, 6.07) is 3.23. The number of carbonyl (C=O) groups is 1. The number of halogens is 5. The van der Waals surface area contributed by atoms with E-state index in [1.54, 1.807) is 0 Å². The molecule has 2 N–H and O–H groups in total. The lowest BCUT2D eigenvalue weighted by Gasteiger charge is -2.41. The first-order valence-corrected chi connectivity index (χ1v) is 9.94. The Morgan fingerprint density at radius 2 is 2.03 bits per heavy atom. The molecule has 0 bridgehead atoms. The van der Waals surface area contributed by atoms with Gasteiger partial charge in [-0.15, -0.1) is 0 Å². The Labute approximate surface area is 184 Å². The lowest BCUT2D eigenvalue weighted by molar-refractivity contribution is -0.148. The standard InChI is InChI=1S/C21H18ClF4N3O3/c1-20(31)6-10(7-20)29-18(21(24,25)26)12(9-28-29)17-16(19(30)32-2)11(8-27-17)15-13(22)4-3-5-14(15)23/h3-5,8-10,27,31H,6-7H2,1-2H3. The fourth-order valence-electron chi connectivity index (χ4n) is 4.14. The molecular weight excluding hydrogens is 454 g/mol. The predicted octanol–water partition coefficient (Wildman–Crippen LogP) is 5.23. The molecule has 1 aliphatic rings. The SMILES string of the molecule is COC(=O)c1c(-c2c(F)cccc2Cl)c[nH]c1-c1cnn(C2CC(C)(O)C2)c1C(F)(F)F. The number of esters is 1. The molecule has 32 heavy (non-hydrogen) atoms. The smallest absolute Gasteiger partial charge is 0.433 e. The number of carbonyl (C=O) groups excluding carboxylic acids is 1. The number of ether oxygens (including phenoxy) is 1. The number of methoxy groups -OCH3 is 1. The topological polar surface area (TPSA) is 80.1 Å². The first-order valence-electron chi connectivity index (χ1n) is 9.56. The van der Waals surface area contributed by atoms with Crippen molar-refractivity contribution >= 4 is 17.6 Å². The van der Waals surface area contributed by atoms with Crippen molar-refractivity contribution < 1.29 is 32.2 Å². The van der Waals surface area contributed by atoms with Crippen LogP contribution in [0.25, 0.3) is 22.4 Å². The van der Waals surface area contributed by atoms with E-state index in [9.17, 15) is 27.5 Å². The fraction of sp³-hybridized carbons (Fsp3) is 0.333. The summed E-state index contributed by atoms with van der Waals surface area (Å²) in [4.78, 5) is 15.2. The molecule has 1 fully saturated rings. The Morgan fingerprint density at radius 1 is 1.34 bits per heavy atom. The Balaban J connectivity index is 1.93. The monoisotopic (exact) mass is 471 g/mol. The van der Waals surface area contributed by atoms with E-state index in [1.807, 2.05) is 0 Å². The van der Waals surface area contributed by atoms with Gasteiger partial charge in [-0.05, 0) is 31.9 Å². The lowest BCUT2D eigenvalue weighted by atomic mass is 9.77. The average Bonchev–Trinajstić information content (AvgIpc) is 3.29. The minimum atomic E-state index is -4.82. The van der Waals surface area contributed by atoms with Gasteiger partial charge in [-0.3, -0.25) is 4.68 Å². The zero-order chi connectivity index (χ0) is 23.4. The van der Waals surface area contributed by atoms with Crippen LogP contribution >= 0.6 is 11.6 Å². The van der Waals surface area contributed by atoms with Crippen LogP contribution in [-0.4, -0.2) is 38.6 Å². The van der Waals surface area contributed by atoms with E-state index in [2.05, 4.69) is 10.1 Å². The van der Waals surface area contributed by atoms with Gasteiger partial charge in [0.2, 0.25) is 0 Å². The van der Waals surface area contributed by atoms with Gasteiger partial charge >= 0.3 is 12.1 Å². The molecule has 3 aromatic rings. The third kappa shape index (κ3) is 3.67. The Hall–Kier alpha value is -2.85. The number of rotatable bonds is 4. The van der Waals surface area contributed by atoms with Crippen molar-refractivity contribution in [3.05, 3.63) is 52.7 Å². The van der Waals surface area contributed by atoms with Gasteiger partial charge in [-0.1, -0.05) is 17.7 Å². The van der Waals surface area contributed by atoms with Crippen molar-refractivity contribution in [2.45, 2.75) is 37.6 Å². The summed E-state index contributed by atoms with van der Waals surface area (Å²) in [5.41, 5.74) is -3.27. The molecule has 2 aromatic heterocycles. The van der Waals surface area contributed by atoms with Crippen molar-refractivity contribution in [3.8, 4) is 22.4 Å². The summed E-state index contributed by atoms with van der Waals surface area (Å²) in [6.45, 7) is 1.53. The number of aromatic nitrogens is 3. The van der Waals surface area contributed by atoms with Crippen LogP contribution in [0.3, 0.4) is 0 Å². The van der Waals surface area contributed by atoms with Crippen molar-refractivity contribution in [1.82, 2.24) is 14.8 Å². The number of nitrogens with zero attached hydrogens (tertiary/aromatic N) is 2. The van der Waals surface area contributed by atoms with E-state index in [0.29, 0.717) is 0 Å². The highest BCUT2D eigenvalue weighted by molar-refractivity contribution is 6.33. The third-order valence-electron chi connectivity index (χ3n) is 5.53. The van der Waals surface area contributed by atoms with Gasteiger partial charge in [0.1, 0.15) is 5.82 Å². The van der Waals surface area contributed by atoms with Crippen LogP contribution in [-0.2, 0) is 10.9 Å². The second-order valence-corrected chi connectivity index (χ2v) is 8.36. The van der Waals surface area contributed by atoms with Crippen LogP contribution in [0, 0.1) is 5.82 Å². The fourth-order valence-corrected chi connectivity index (χ4v) is 4.40. The van der Waals surface area contributed by atoms with Crippen LogP contribution in [0.1, 0.15) is 41.9 Å². The van der Waals surface area contributed by atoms with Gasteiger partial charge in [-0.2, -0.15) is 18.3 Å². The molecule has 2 heterocycles. The molecule has 1 aliphatic carbocycles. The molecule has 0 spiro atoms. The first-order chi connectivity index (χ1) is 14.9. The highest BCUT2D eigenvalue weighted by Crippen LogP contribution is 2.47. The molecule has 0 amide bonds. The van der Waals surface area contributed by atoms with Crippen molar-refractivity contribution in [2.24, 2.45) is 0 Å². The summed E-state index contributed by atoms with van der Waals surface area (Å²) in [5.74, 6) is -1.72. The van der Waals surface area contributed by atoms with E-state index in [4.69, 9.17) is 16.3 Å². The second kappa shape index (κ2) is 7.63. The van der Waals surface area contributed by atoms with E-state index >= 15 is 0 Å². The summed E-state index contributed by atoms with van der Waals surface area (Å²) < 4.78 is 62.3. The number of benzene rings is 1. The Bertz CT molecular complexity index is 1170. The summed E-state index contributed by atoms with van der Waals surface area (Å²) in [5, 5.41) is 13.8. The molecule has 6 nitrogen and oxygen atoms in total. The summed E-state index contributed by atoms with van der Waals surface area (Å²) in [6.07, 6.45) is -2.43. The van der Waals surface area contributed by atoms with Gasteiger partial charge in [0.25, 0.3) is 0 Å². The molecule has 0 atom stereocenters. The number of aromatic amines is 1. The van der Waals surface area contributed by atoms with Gasteiger partial charge in [0.05, 0.1) is 41.2 Å². The highest BCUT2D eigenvalue weighted by atomic mass is 35.5. The lowest BCUT2D eigenvalue weighted by Crippen LogP contribution is -2.43. The summed E-state index contributed by atoms with van der Waals surface area (Å²) >= 11 is 6.12. The normalized spacial score (nSPS) is 20.8. The van der Waals surface area contributed by atoms with E-state index < -0.39 is 40.9 Å². The maximum atomic E-state index is 14.5. The zero-order valence-electron chi connectivity index (χ0n) is 16.9. The molecule has 0 unspecified atom stereocenters. The van der Waals surface area contributed by atoms with Gasteiger partial charge in [-0.25, -0.2) is 9.18 Å². The number of H-pyrrole nitrogens is 1. The van der Waals surface area contributed by atoms with E-state index in [-0.39, 0.29) is 40.2 Å². The predicted molar refractivity (Wildman–Crippen MR) is 108 cm³/mol. The molecule has 0 radical (unpaired) electrons. The minimum Gasteiger partial charge on any atom is -0.465 e. The van der Waals surface area contributed by atoms with Crippen LogP contribution in [0.2, 0.25) is 5.02 Å². The largest absolute Gasteiger partial charge is 0.465 e. The molecule has 170 valence electrons. The van der Waals surface area contributed by atoms with Gasteiger partial charge in [0.15, 0.2) is 5.69 Å². The quantitative estimate of drug-likeness (QED) is 0.403. The average molecular weight is 472 g/mol. The van der Waals surface area contributed by atoms with Crippen LogP contribution in [0.15, 0.2) is 30.6 Å². The summed E-state index contributed by atoms with van der Waals surface area (Å²) in [7, 11) is 1.07. The van der Waals surface area contributed by atoms with E-state index in [0.717, 1.165) is 24.1 Å².